The van der Waals surface area contributed by atoms with Gasteiger partial charge in [-0.1, -0.05) is 30.3 Å². The first-order chi connectivity index (χ1) is 16.4. The number of rotatable bonds is 8. The minimum Gasteiger partial charge on any atom is -0.495 e. The molecule has 11 heteroatoms. The van der Waals surface area contributed by atoms with E-state index in [0.717, 1.165) is 4.31 Å². The fourth-order valence-electron chi connectivity index (χ4n) is 3.23. The van der Waals surface area contributed by atoms with E-state index in [4.69, 9.17) is 14.2 Å². The Morgan fingerprint density at radius 1 is 1.12 bits per heavy atom. The molecule has 0 spiro atoms. The van der Waals surface area contributed by atoms with Crippen LogP contribution in [0.3, 0.4) is 0 Å². The van der Waals surface area contributed by atoms with Gasteiger partial charge in [-0.3, -0.25) is 9.10 Å². The maximum atomic E-state index is 13.4. The predicted molar refractivity (Wildman–Crippen MR) is 130 cm³/mol. The molecule has 0 aromatic heterocycles. The van der Waals surface area contributed by atoms with Crippen LogP contribution >= 0.6 is 15.9 Å². The molecule has 1 N–H and O–H groups in total. The Labute approximate surface area is 205 Å². The minimum absolute atomic E-state index is 0.0431. The smallest absolute Gasteiger partial charge is 0.264 e. The Morgan fingerprint density at radius 3 is 2.53 bits per heavy atom. The first-order valence-corrected chi connectivity index (χ1v) is 12.3. The predicted octanol–water partition coefficient (Wildman–Crippen LogP) is 3.53. The maximum absolute atomic E-state index is 13.4. The molecule has 1 heterocycles. The lowest BCUT2D eigenvalue weighted by Gasteiger charge is -2.25. The highest BCUT2D eigenvalue weighted by molar-refractivity contribution is 9.10. The summed E-state index contributed by atoms with van der Waals surface area (Å²) in [6, 6.07) is 17.9. The van der Waals surface area contributed by atoms with E-state index in [1.54, 1.807) is 54.6 Å². The van der Waals surface area contributed by atoms with E-state index in [0.29, 0.717) is 27.3 Å². The molecule has 34 heavy (non-hydrogen) atoms. The zero-order valence-electron chi connectivity index (χ0n) is 18.0. The average Bonchev–Trinajstić information content (AvgIpc) is 3.30. The molecule has 1 aliphatic heterocycles. The lowest BCUT2D eigenvalue weighted by Crippen LogP contribution is -2.39. The topological polar surface area (TPSA) is 107 Å². The van der Waals surface area contributed by atoms with Crippen LogP contribution in [0.25, 0.3) is 0 Å². The Hall–Kier alpha value is -3.57. The second-order valence-corrected chi connectivity index (χ2v) is 9.73. The summed E-state index contributed by atoms with van der Waals surface area (Å²) >= 11 is 3.41. The summed E-state index contributed by atoms with van der Waals surface area (Å²) in [6.45, 7) is -0.384. The number of ether oxygens (including phenoxy) is 3. The Balaban J connectivity index is 1.57. The van der Waals surface area contributed by atoms with Crippen molar-refractivity contribution in [2.75, 3.05) is 24.8 Å². The molecule has 3 aromatic carbocycles. The highest BCUT2D eigenvalue weighted by atomic mass is 79.9. The average molecular weight is 546 g/mol. The third kappa shape index (κ3) is 5.00. The van der Waals surface area contributed by atoms with Crippen LogP contribution in [0.4, 0.5) is 5.69 Å². The molecule has 0 fully saturated rings. The molecular formula is C23H20BrN3O6S. The maximum Gasteiger partial charge on any atom is 0.264 e. The summed E-state index contributed by atoms with van der Waals surface area (Å²) in [4.78, 5) is 12.8. The van der Waals surface area contributed by atoms with E-state index < -0.39 is 22.5 Å². The standard InChI is InChI=1S/C23H20BrN3O6S/c1-31-20-10-6-5-9-19(20)27(34(29,30)17-7-3-2-4-8-17)14-23(28)26-25-13-16-11-21-22(12-18(16)24)33-15-32-21/h2-13H,14-15H2,1H3,(H,26,28)/b25-13-. The number of para-hydroxylation sites is 2. The molecule has 0 saturated carbocycles. The number of carbonyl (C=O) groups excluding carboxylic acids is 1. The number of fused-ring (bicyclic) bond motifs is 1. The van der Waals surface area contributed by atoms with Gasteiger partial charge >= 0.3 is 0 Å². The van der Waals surface area contributed by atoms with E-state index in [9.17, 15) is 13.2 Å². The second kappa shape index (κ2) is 10.1. The van der Waals surface area contributed by atoms with Crippen molar-refractivity contribution in [3.63, 3.8) is 0 Å². The van der Waals surface area contributed by atoms with Gasteiger partial charge in [0.15, 0.2) is 11.5 Å². The molecule has 0 saturated heterocycles. The molecule has 0 atom stereocenters. The number of halogens is 1. The van der Waals surface area contributed by atoms with Gasteiger partial charge in [-0.05, 0) is 52.3 Å². The third-order valence-electron chi connectivity index (χ3n) is 4.86. The highest BCUT2D eigenvalue weighted by Crippen LogP contribution is 2.36. The summed E-state index contributed by atoms with van der Waals surface area (Å²) in [6.07, 6.45) is 1.42. The van der Waals surface area contributed by atoms with Gasteiger partial charge in [0, 0.05) is 10.0 Å². The summed E-state index contributed by atoms with van der Waals surface area (Å²) < 4.78 is 44.5. The summed E-state index contributed by atoms with van der Waals surface area (Å²) in [5.41, 5.74) is 3.25. The van der Waals surface area contributed by atoms with Crippen molar-refractivity contribution in [1.82, 2.24) is 5.43 Å². The molecule has 0 unspecified atom stereocenters. The van der Waals surface area contributed by atoms with Gasteiger partial charge in [-0.2, -0.15) is 5.10 Å². The fourth-order valence-corrected chi connectivity index (χ4v) is 5.10. The van der Waals surface area contributed by atoms with Gasteiger partial charge in [0.2, 0.25) is 6.79 Å². The lowest BCUT2D eigenvalue weighted by molar-refractivity contribution is -0.119. The number of anilines is 1. The number of nitrogens with zero attached hydrogens (tertiary/aromatic N) is 2. The number of hydrazone groups is 1. The zero-order chi connectivity index (χ0) is 24.1. The largest absolute Gasteiger partial charge is 0.495 e. The van der Waals surface area contributed by atoms with E-state index >= 15 is 0 Å². The van der Waals surface area contributed by atoms with Crippen LogP contribution in [0.1, 0.15) is 5.56 Å². The molecule has 9 nitrogen and oxygen atoms in total. The first kappa shape index (κ1) is 23.6. The number of nitrogens with one attached hydrogen (secondary N) is 1. The molecular weight excluding hydrogens is 526 g/mol. The molecule has 1 amide bonds. The van der Waals surface area contributed by atoms with E-state index in [1.165, 1.54) is 25.5 Å². The number of benzene rings is 3. The zero-order valence-corrected chi connectivity index (χ0v) is 20.4. The van der Waals surface area contributed by atoms with Crippen molar-refractivity contribution < 1.29 is 27.4 Å². The Morgan fingerprint density at radius 2 is 1.79 bits per heavy atom. The number of amides is 1. The van der Waals surface area contributed by atoms with Crippen molar-refractivity contribution in [3.8, 4) is 17.2 Å². The molecule has 3 aromatic rings. The van der Waals surface area contributed by atoms with Crippen molar-refractivity contribution in [3.05, 3.63) is 76.8 Å². The summed E-state index contributed by atoms with van der Waals surface area (Å²) in [5, 5.41) is 3.97. The van der Waals surface area contributed by atoms with E-state index in [2.05, 4.69) is 26.5 Å². The van der Waals surface area contributed by atoms with E-state index in [1.807, 2.05) is 0 Å². The van der Waals surface area contributed by atoms with Gasteiger partial charge in [-0.25, -0.2) is 13.8 Å². The van der Waals surface area contributed by atoms with Crippen LogP contribution in [-0.2, 0) is 14.8 Å². The van der Waals surface area contributed by atoms with Gasteiger partial charge in [0.05, 0.1) is 23.9 Å². The van der Waals surface area contributed by atoms with Crippen LogP contribution in [0.15, 0.2) is 81.2 Å². The fraction of sp³-hybridized carbons (Fsp3) is 0.130. The van der Waals surface area contributed by atoms with Crippen molar-refractivity contribution >= 4 is 43.8 Å². The minimum atomic E-state index is -4.07. The third-order valence-corrected chi connectivity index (χ3v) is 7.32. The van der Waals surface area contributed by atoms with Crippen LogP contribution in [0.2, 0.25) is 0 Å². The molecule has 1 aliphatic rings. The van der Waals surface area contributed by atoms with Crippen LogP contribution in [-0.4, -0.2) is 41.0 Å². The number of hydrogen-bond donors (Lipinski definition) is 1. The second-order valence-electron chi connectivity index (χ2n) is 7.02. The van der Waals surface area contributed by atoms with Gasteiger partial charge in [-0.15, -0.1) is 0 Å². The van der Waals surface area contributed by atoms with Crippen molar-refractivity contribution in [2.24, 2.45) is 5.10 Å². The van der Waals surface area contributed by atoms with Crippen LogP contribution in [0.5, 0.6) is 17.2 Å². The molecule has 4 rings (SSSR count). The Bertz CT molecular complexity index is 1330. The molecule has 0 aliphatic carbocycles. The molecule has 176 valence electrons. The molecule has 0 bridgehead atoms. The lowest BCUT2D eigenvalue weighted by atomic mass is 10.2. The van der Waals surface area contributed by atoms with Crippen LogP contribution < -0.4 is 23.9 Å². The highest BCUT2D eigenvalue weighted by Gasteiger charge is 2.29. The number of hydrogen-bond acceptors (Lipinski definition) is 7. The number of methoxy groups -OCH3 is 1. The SMILES string of the molecule is COc1ccccc1N(CC(=O)N/N=C\c1cc2c(cc1Br)OCO2)S(=O)(=O)c1ccccc1. The first-order valence-electron chi connectivity index (χ1n) is 10.0. The Kier molecular flexibility index (Phi) is 7.03. The number of sulfonamides is 1. The van der Waals surface area contributed by atoms with Gasteiger partial charge < -0.3 is 14.2 Å². The van der Waals surface area contributed by atoms with Gasteiger partial charge in [0.25, 0.3) is 15.9 Å². The van der Waals surface area contributed by atoms with Crippen molar-refractivity contribution in [1.29, 1.82) is 0 Å². The summed E-state index contributed by atoms with van der Waals surface area (Å²) in [5.74, 6) is 0.833. The normalized spacial score (nSPS) is 12.5. The molecule has 0 radical (unpaired) electrons. The summed E-state index contributed by atoms with van der Waals surface area (Å²) in [7, 11) is -2.64. The van der Waals surface area contributed by atoms with Crippen LogP contribution in [0, 0.1) is 0 Å². The van der Waals surface area contributed by atoms with Gasteiger partial charge in [0.1, 0.15) is 12.3 Å². The quantitative estimate of drug-likeness (QED) is 0.342. The number of carbonyl (C=O) groups is 1. The van der Waals surface area contributed by atoms with E-state index in [-0.39, 0.29) is 17.4 Å². The van der Waals surface area contributed by atoms with Crippen molar-refractivity contribution in [2.45, 2.75) is 4.90 Å². The monoisotopic (exact) mass is 545 g/mol.